The van der Waals surface area contributed by atoms with Crippen molar-refractivity contribution in [2.24, 2.45) is 0 Å². The first-order valence-electron chi connectivity index (χ1n) is 5.66. The largest absolute Gasteiger partial charge is 0.480 e. The molecular formula is C9H16F6N2O4S2. The Bertz CT molecular complexity index is 551. The Labute approximate surface area is 130 Å². The summed E-state index contributed by atoms with van der Waals surface area (Å²) < 4.78 is 110. The monoisotopic (exact) mass is 394 g/mol. The van der Waals surface area contributed by atoms with E-state index >= 15 is 0 Å². The molecule has 0 aliphatic carbocycles. The summed E-state index contributed by atoms with van der Waals surface area (Å²) in [5, 5.41) is 0. The molecule has 0 bridgehead atoms. The van der Waals surface area contributed by atoms with Crippen molar-refractivity contribution in [2.45, 2.75) is 24.4 Å². The van der Waals surface area contributed by atoms with E-state index in [0.29, 0.717) is 0 Å². The smallest absolute Gasteiger partial charge is 0.421 e. The van der Waals surface area contributed by atoms with Crippen LogP contribution in [0.15, 0.2) is 12.8 Å². The maximum Gasteiger partial charge on any atom is 0.480 e. The fourth-order valence-electron chi connectivity index (χ4n) is 0.881. The molecule has 0 atom stereocenters. The molecule has 0 unspecified atom stereocenters. The van der Waals surface area contributed by atoms with Crippen LogP contribution in [-0.2, 0) is 20.0 Å². The van der Waals surface area contributed by atoms with Crippen molar-refractivity contribution in [2.75, 3.05) is 20.6 Å². The van der Waals surface area contributed by atoms with Gasteiger partial charge in [-0.2, -0.15) is 26.3 Å². The SMILES string of the molecule is C=C[N+](C)(C)CCC.O=S(=O)([N-]S(=O)(=O)C(F)(F)F)C(F)(F)F. The molecule has 0 aliphatic heterocycles. The first kappa shape index (κ1) is 24.4. The van der Waals surface area contributed by atoms with Crippen molar-refractivity contribution in [3.8, 4) is 0 Å². The van der Waals surface area contributed by atoms with Crippen LogP contribution in [0, 0.1) is 0 Å². The molecule has 0 aliphatic rings. The molecule has 0 fully saturated rings. The lowest BCUT2D eigenvalue weighted by atomic mass is 10.4. The Morgan fingerprint density at radius 2 is 1.26 bits per heavy atom. The molecule has 0 spiro atoms. The number of alkyl halides is 6. The minimum Gasteiger partial charge on any atom is -0.421 e. The minimum atomic E-state index is -6.72. The second kappa shape index (κ2) is 7.81. The predicted molar refractivity (Wildman–Crippen MR) is 70.8 cm³/mol. The van der Waals surface area contributed by atoms with Crippen LogP contribution >= 0.6 is 0 Å². The minimum absolute atomic E-state index is 0.778. The molecule has 6 nitrogen and oxygen atoms in total. The lowest BCUT2D eigenvalue weighted by molar-refractivity contribution is -0.838. The third-order valence-corrected chi connectivity index (χ3v) is 4.82. The van der Waals surface area contributed by atoms with Gasteiger partial charge in [-0.1, -0.05) is 6.92 Å². The molecule has 0 aromatic rings. The van der Waals surface area contributed by atoms with Crippen LogP contribution in [0.3, 0.4) is 0 Å². The standard InChI is InChI=1S/C7H16N.C2F6NO4S2/c1-5-7-8(3,4)6-2;3-1(4,5)14(10,11)9-15(12,13)2(6,7)8/h6H,2,5,7H2,1,3-4H3;/q+1;-1. The van der Waals surface area contributed by atoms with Gasteiger partial charge in [0.15, 0.2) is 20.0 Å². The molecule has 0 aromatic heterocycles. The highest BCUT2D eigenvalue weighted by Gasteiger charge is 2.46. The number of sulfonamides is 2. The molecule has 0 amide bonds. The van der Waals surface area contributed by atoms with Crippen molar-refractivity contribution >= 4 is 20.0 Å². The van der Waals surface area contributed by atoms with Crippen molar-refractivity contribution in [3.05, 3.63) is 16.9 Å². The maximum atomic E-state index is 11.4. The lowest BCUT2D eigenvalue weighted by Crippen LogP contribution is -2.33. The summed E-state index contributed by atoms with van der Waals surface area (Å²) in [5.74, 6) is 0. The molecule has 0 saturated carbocycles. The van der Waals surface area contributed by atoms with Crippen molar-refractivity contribution in [1.82, 2.24) is 0 Å². The summed E-state index contributed by atoms with van der Waals surface area (Å²) >= 11 is 0. The van der Waals surface area contributed by atoms with Crippen LogP contribution in [0.4, 0.5) is 26.3 Å². The normalized spacial score (nSPS) is 14.0. The molecule has 23 heavy (non-hydrogen) atoms. The number of quaternary nitrogens is 1. The van der Waals surface area contributed by atoms with Gasteiger partial charge in [0.05, 0.1) is 26.8 Å². The van der Waals surface area contributed by atoms with Crippen LogP contribution in [-0.4, -0.2) is 53.0 Å². The Balaban J connectivity index is 0. The molecule has 14 heteroatoms. The number of hydrogen-bond donors (Lipinski definition) is 0. The Hall–Kier alpha value is -0.860. The summed E-state index contributed by atoms with van der Waals surface area (Å²) in [7, 11) is -9.14. The fourth-order valence-corrected chi connectivity index (χ4v) is 2.59. The predicted octanol–water partition coefficient (Wildman–Crippen LogP) is 2.68. The number of hydrogen-bond acceptors (Lipinski definition) is 4. The molecule has 0 saturated heterocycles. The van der Waals surface area contributed by atoms with Gasteiger partial charge in [-0.25, -0.2) is 16.8 Å². The molecule has 140 valence electrons. The highest BCUT2D eigenvalue weighted by atomic mass is 32.3. The van der Waals surface area contributed by atoms with Gasteiger partial charge in [-0.15, -0.1) is 0 Å². The topological polar surface area (TPSA) is 82.4 Å². The second-order valence-electron chi connectivity index (χ2n) is 4.60. The average molecular weight is 394 g/mol. The number of rotatable bonds is 5. The summed E-state index contributed by atoms with van der Waals surface area (Å²) in [6.45, 7) is 7.09. The molecule has 0 heterocycles. The van der Waals surface area contributed by atoms with E-state index in [1.54, 1.807) is 0 Å². The van der Waals surface area contributed by atoms with Gasteiger partial charge < -0.3 is 8.61 Å². The average Bonchev–Trinajstić information content (AvgIpc) is 2.25. The van der Waals surface area contributed by atoms with E-state index in [0.717, 1.165) is 8.61 Å². The van der Waals surface area contributed by atoms with E-state index < -0.39 is 31.1 Å². The first-order chi connectivity index (χ1) is 9.83. The van der Waals surface area contributed by atoms with Crippen LogP contribution < -0.4 is 0 Å². The Morgan fingerprint density at radius 1 is 0.957 bits per heavy atom. The van der Waals surface area contributed by atoms with E-state index in [1.165, 1.54) is 13.0 Å². The van der Waals surface area contributed by atoms with Crippen LogP contribution in [0.5, 0.6) is 0 Å². The molecular weight excluding hydrogens is 378 g/mol. The summed E-state index contributed by atoms with van der Waals surface area (Å²) in [5.41, 5.74) is -12.4. The van der Waals surface area contributed by atoms with Gasteiger partial charge in [0, 0.05) is 0 Å². The lowest BCUT2D eigenvalue weighted by Gasteiger charge is -2.23. The van der Waals surface area contributed by atoms with Crippen LogP contribution in [0.25, 0.3) is 4.13 Å². The van der Waals surface area contributed by atoms with Crippen molar-refractivity contribution in [1.29, 1.82) is 0 Å². The van der Waals surface area contributed by atoms with Gasteiger partial charge in [-0.05, 0) is 13.0 Å². The highest BCUT2D eigenvalue weighted by molar-refractivity contribution is 8.13. The van der Waals surface area contributed by atoms with Gasteiger partial charge in [0.25, 0.3) is 0 Å². The maximum absolute atomic E-state index is 11.4. The highest BCUT2D eigenvalue weighted by Crippen LogP contribution is 2.36. The summed E-state index contributed by atoms with van der Waals surface area (Å²) in [6.07, 6.45) is 3.18. The van der Waals surface area contributed by atoms with E-state index in [4.69, 9.17) is 0 Å². The quantitative estimate of drug-likeness (QED) is 0.530. The molecule has 0 N–H and O–H groups in total. The fraction of sp³-hybridized carbons (Fsp3) is 0.778. The third-order valence-electron chi connectivity index (χ3n) is 2.08. The first-order valence-corrected chi connectivity index (χ1v) is 8.54. The second-order valence-corrected chi connectivity index (χ2v) is 8.02. The van der Waals surface area contributed by atoms with E-state index in [9.17, 15) is 43.2 Å². The van der Waals surface area contributed by atoms with E-state index in [2.05, 4.69) is 27.6 Å². The Morgan fingerprint density at radius 3 is 1.39 bits per heavy atom. The van der Waals surface area contributed by atoms with Crippen LogP contribution in [0.2, 0.25) is 0 Å². The molecule has 0 radical (unpaired) electrons. The zero-order valence-electron chi connectivity index (χ0n) is 12.3. The van der Waals surface area contributed by atoms with Gasteiger partial charge in [-0.3, -0.25) is 0 Å². The molecule has 0 rings (SSSR count). The zero-order chi connectivity index (χ0) is 19.3. The van der Waals surface area contributed by atoms with Gasteiger partial charge in [0.1, 0.15) is 0 Å². The van der Waals surface area contributed by atoms with Gasteiger partial charge >= 0.3 is 11.0 Å². The van der Waals surface area contributed by atoms with E-state index in [1.807, 2.05) is 6.20 Å². The third kappa shape index (κ3) is 8.53. The van der Waals surface area contributed by atoms with Gasteiger partial charge in [0.2, 0.25) is 0 Å². The van der Waals surface area contributed by atoms with Crippen molar-refractivity contribution < 1.29 is 47.7 Å². The summed E-state index contributed by atoms with van der Waals surface area (Å²) in [4.78, 5) is 0. The molecule has 0 aromatic carbocycles. The number of halogens is 6. The zero-order valence-corrected chi connectivity index (χ0v) is 13.9. The van der Waals surface area contributed by atoms with E-state index in [-0.39, 0.29) is 0 Å². The van der Waals surface area contributed by atoms with Crippen molar-refractivity contribution in [3.63, 3.8) is 0 Å². The summed E-state index contributed by atoms with van der Waals surface area (Å²) in [6, 6.07) is 0. The Kier molecular flexibility index (Phi) is 8.28. The van der Waals surface area contributed by atoms with Crippen LogP contribution in [0.1, 0.15) is 13.3 Å². The number of nitrogens with zero attached hydrogens (tertiary/aromatic N) is 2.